The van der Waals surface area contributed by atoms with Gasteiger partial charge >= 0.3 is 5.97 Å². The van der Waals surface area contributed by atoms with Crippen LogP contribution >= 0.6 is 0 Å². The molecule has 0 bridgehead atoms. The third-order valence-electron chi connectivity index (χ3n) is 4.21. The Hall–Kier alpha value is -1.51. The van der Waals surface area contributed by atoms with Crippen LogP contribution in [0.1, 0.15) is 52.0 Å². The first-order valence-corrected chi connectivity index (χ1v) is 7.75. The molecule has 1 aliphatic carbocycles. The first kappa shape index (κ1) is 15.9. The average molecular weight is 290 g/mol. The smallest absolute Gasteiger partial charge is 0.308 e. The highest BCUT2D eigenvalue weighted by Crippen LogP contribution is 2.30. The molecule has 2 rings (SSSR count). The molecule has 0 radical (unpaired) electrons. The van der Waals surface area contributed by atoms with Crippen LogP contribution in [-0.2, 0) is 14.9 Å². The van der Waals surface area contributed by atoms with Crippen molar-refractivity contribution in [3.05, 3.63) is 29.8 Å². The molecule has 0 N–H and O–H groups in total. The zero-order valence-corrected chi connectivity index (χ0v) is 13.5. The quantitative estimate of drug-likeness (QED) is 0.786. The zero-order valence-electron chi connectivity index (χ0n) is 13.5. The Morgan fingerprint density at radius 1 is 1.14 bits per heavy atom. The van der Waals surface area contributed by atoms with Gasteiger partial charge in [-0.05, 0) is 48.8 Å². The minimum absolute atomic E-state index is 0.0516. The summed E-state index contributed by atoms with van der Waals surface area (Å²) in [6.07, 6.45) is 3.76. The summed E-state index contributed by atoms with van der Waals surface area (Å²) in [5.41, 5.74) is 1.41. The second-order valence-electron chi connectivity index (χ2n) is 6.89. The highest BCUT2D eigenvalue weighted by Gasteiger charge is 2.28. The molecule has 1 aromatic carbocycles. The van der Waals surface area contributed by atoms with E-state index in [4.69, 9.17) is 9.47 Å². The summed E-state index contributed by atoms with van der Waals surface area (Å²) in [4.78, 5) is 11.5. The molecule has 116 valence electrons. The van der Waals surface area contributed by atoms with Crippen molar-refractivity contribution >= 4 is 5.97 Å². The van der Waals surface area contributed by atoms with E-state index in [1.165, 1.54) is 12.7 Å². The highest BCUT2D eigenvalue weighted by atomic mass is 16.5. The van der Waals surface area contributed by atoms with Gasteiger partial charge in [0.2, 0.25) is 0 Å². The number of hydrogen-bond acceptors (Lipinski definition) is 3. The van der Waals surface area contributed by atoms with Crippen molar-refractivity contribution in [2.24, 2.45) is 5.92 Å². The largest absolute Gasteiger partial charge is 0.490 e. The predicted molar refractivity (Wildman–Crippen MR) is 83.5 cm³/mol. The number of esters is 1. The topological polar surface area (TPSA) is 35.5 Å². The SMILES string of the molecule is COC(=O)C1CCC(Oc2cccc(C(C)(C)C)c2)CC1. The number of ether oxygens (including phenoxy) is 2. The summed E-state index contributed by atoms with van der Waals surface area (Å²) in [6.45, 7) is 6.61. The highest BCUT2D eigenvalue weighted by molar-refractivity contribution is 5.72. The van der Waals surface area contributed by atoms with Crippen molar-refractivity contribution in [3.8, 4) is 5.75 Å². The van der Waals surface area contributed by atoms with E-state index in [0.717, 1.165) is 31.4 Å². The van der Waals surface area contributed by atoms with Crippen LogP contribution in [-0.4, -0.2) is 19.2 Å². The molecule has 1 aromatic rings. The molecule has 1 saturated carbocycles. The lowest BCUT2D eigenvalue weighted by Crippen LogP contribution is -2.28. The van der Waals surface area contributed by atoms with E-state index in [9.17, 15) is 4.79 Å². The van der Waals surface area contributed by atoms with Gasteiger partial charge in [0.25, 0.3) is 0 Å². The summed E-state index contributed by atoms with van der Waals surface area (Å²) in [5, 5.41) is 0. The summed E-state index contributed by atoms with van der Waals surface area (Å²) in [6, 6.07) is 8.34. The standard InChI is InChI=1S/C18H26O3/c1-18(2,3)14-6-5-7-16(12-14)21-15-10-8-13(9-11-15)17(19)20-4/h5-7,12-13,15H,8-11H2,1-4H3. The zero-order chi connectivity index (χ0) is 15.5. The van der Waals surface area contributed by atoms with Gasteiger partial charge in [0.1, 0.15) is 5.75 Å². The van der Waals surface area contributed by atoms with E-state index in [1.54, 1.807) is 0 Å². The van der Waals surface area contributed by atoms with Gasteiger partial charge in [0, 0.05) is 0 Å². The number of hydrogen-bond donors (Lipinski definition) is 0. The van der Waals surface area contributed by atoms with Crippen molar-refractivity contribution in [2.45, 2.75) is 58.0 Å². The van der Waals surface area contributed by atoms with Crippen LogP contribution in [0.15, 0.2) is 24.3 Å². The maximum atomic E-state index is 11.5. The summed E-state index contributed by atoms with van der Waals surface area (Å²) < 4.78 is 10.9. The summed E-state index contributed by atoms with van der Waals surface area (Å²) in [7, 11) is 1.46. The Morgan fingerprint density at radius 3 is 2.38 bits per heavy atom. The normalized spacial score (nSPS) is 22.7. The Balaban J connectivity index is 1.93. The fraction of sp³-hybridized carbons (Fsp3) is 0.611. The summed E-state index contributed by atoms with van der Waals surface area (Å²) >= 11 is 0. The van der Waals surface area contributed by atoms with Gasteiger partial charge in [0.05, 0.1) is 19.1 Å². The van der Waals surface area contributed by atoms with Gasteiger partial charge in [-0.15, -0.1) is 0 Å². The molecule has 3 nitrogen and oxygen atoms in total. The van der Waals surface area contributed by atoms with Crippen LogP contribution in [0.4, 0.5) is 0 Å². The van der Waals surface area contributed by atoms with Gasteiger partial charge in [-0.3, -0.25) is 4.79 Å². The number of carbonyl (C=O) groups excluding carboxylic acids is 1. The van der Waals surface area contributed by atoms with Crippen LogP contribution in [0.3, 0.4) is 0 Å². The van der Waals surface area contributed by atoms with Crippen molar-refractivity contribution in [1.82, 2.24) is 0 Å². The van der Waals surface area contributed by atoms with Crippen molar-refractivity contribution in [1.29, 1.82) is 0 Å². The number of benzene rings is 1. The molecule has 0 aliphatic heterocycles. The molecular formula is C18H26O3. The Kier molecular flexibility index (Phi) is 4.92. The van der Waals surface area contributed by atoms with Crippen molar-refractivity contribution < 1.29 is 14.3 Å². The maximum Gasteiger partial charge on any atom is 0.308 e. The summed E-state index contributed by atoms with van der Waals surface area (Å²) in [5.74, 6) is 0.905. The van der Waals surface area contributed by atoms with Gasteiger partial charge in [0.15, 0.2) is 0 Å². The van der Waals surface area contributed by atoms with Crippen LogP contribution in [0.25, 0.3) is 0 Å². The lowest BCUT2D eigenvalue weighted by molar-refractivity contribution is -0.147. The Labute approximate surface area is 127 Å². The number of rotatable bonds is 3. The Bertz CT molecular complexity index is 479. The maximum absolute atomic E-state index is 11.5. The fourth-order valence-corrected chi connectivity index (χ4v) is 2.81. The van der Waals surface area contributed by atoms with E-state index >= 15 is 0 Å². The van der Waals surface area contributed by atoms with E-state index < -0.39 is 0 Å². The van der Waals surface area contributed by atoms with E-state index in [-0.39, 0.29) is 23.4 Å². The monoisotopic (exact) mass is 290 g/mol. The average Bonchev–Trinajstić information content (AvgIpc) is 2.47. The van der Waals surface area contributed by atoms with Crippen LogP contribution in [0.2, 0.25) is 0 Å². The second kappa shape index (κ2) is 6.50. The molecule has 0 atom stereocenters. The molecule has 0 amide bonds. The van der Waals surface area contributed by atoms with Gasteiger partial charge in [-0.1, -0.05) is 32.9 Å². The molecular weight excluding hydrogens is 264 g/mol. The second-order valence-corrected chi connectivity index (χ2v) is 6.89. The number of methoxy groups -OCH3 is 1. The van der Waals surface area contributed by atoms with Crippen LogP contribution < -0.4 is 4.74 Å². The van der Waals surface area contributed by atoms with Gasteiger partial charge in [-0.2, -0.15) is 0 Å². The Morgan fingerprint density at radius 2 is 1.81 bits per heavy atom. The van der Waals surface area contributed by atoms with E-state index in [0.29, 0.717) is 0 Å². The lowest BCUT2D eigenvalue weighted by atomic mass is 9.86. The fourth-order valence-electron chi connectivity index (χ4n) is 2.81. The lowest BCUT2D eigenvalue weighted by Gasteiger charge is -2.28. The third kappa shape index (κ3) is 4.23. The molecule has 3 heteroatoms. The molecule has 1 aliphatic rings. The minimum Gasteiger partial charge on any atom is -0.490 e. The number of carbonyl (C=O) groups is 1. The van der Waals surface area contributed by atoms with Crippen LogP contribution in [0, 0.1) is 5.92 Å². The van der Waals surface area contributed by atoms with Crippen molar-refractivity contribution in [3.63, 3.8) is 0 Å². The minimum atomic E-state index is -0.0804. The molecule has 0 heterocycles. The molecule has 1 fully saturated rings. The molecule has 0 aromatic heterocycles. The molecule has 21 heavy (non-hydrogen) atoms. The van der Waals surface area contributed by atoms with E-state index in [2.05, 4.69) is 39.0 Å². The first-order chi connectivity index (χ1) is 9.90. The molecule has 0 unspecified atom stereocenters. The molecule has 0 saturated heterocycles. The van der Waals surface area contributed by atoms with Crippen molar-refractivity contribution in [2.75, 3.05) is 7.11 Å². The van der Waals surface area contributed by atoms with Crippen LogP contribution in [0.5, 0.6) is 5.75 Å². The van der Waals surface area contributed by atoms with Gasteiger partial charge < -0.3 is 9.47 Å². The van der Waals surface area contributed by atoms with Gasteiger partial charge in [-0.25, -0.2) is 0 Å². The first-order valence-electron chi connectivity index (χ1n) is 7.75. The third-order valence-corrected chi connectivity index (χ3v) is 4.21. The van der Waals surface area contributed by atoms with E-state index in [1.807, 2.05) is 6.07 Å². The molecule has 0 spiro atoms. The predicted octanol–water partition coefficient (Wildman–Crippen LogP) is 4.09.